The fraction of sp³-hybridized carbons (Fsp3) is 0.481. The van der Waals surface area contributed by atoms with Gasteiger partial charge in [-0.2, -0.15) is 15.0 Å². The fourth-order valence-corrected chi connectivity index (χ4v) is 12.8. The van der Waals surface area contributed by atoms with Crippen molar-refractivity contribution in [3.05, 3.63) is 111 Å². The molecule has 0 bridgehead atoms. The first kappa shape index (κ1) is 84.6. The van der Waals surface area contributed by atoms with Crippen molar-refractivity contribution in [1.82, 2.24) is 40.8 Å². The summed E-state index contributed by atoms with van der Waals surface area (Å²) < 4.78 is 35.5. The number of nitrogens with zero attached hydrogens (tertiary/aromatic N) is 7. The maximum Gasteiger partial charge on any atom is 0.407 e. The molecule has 0 spiro atoms. The number of aromatic hydroxyl groups is 2. The van der Waals surface area contributed by atoms with Gasteiger partial charge in [0.25, 0.3) is 0 Å². The van der Waals surface area contributed by atoms with E-state index in [0.717, 1.165) is 85.7 Å². The van der Waals surface area contributed by atoms with E-state index in [1.54, 1.807) is 57.0 Å². The molecule has 4 heterocycles. The number of carbonyl (C=O) groups excluding carboxylic acids is 7. The molecule has 28 heteroatoms. The van der Waals surface area contributed by atoms with Crippen LogP contribution >= 0.6 is 23.1 Å². The van der Waals surface area contributed by atoms with E-state index < -0.39 is 25.2 Å². The lowest BCUT2D eigenvalue weighted by Crippen LogP contribution is -2.45. The largest absolute Gasteiger partial charge is 0.508 e. The summed E-state index contributed by atoms with van der Waals surface area (Å²) >= 11 is 3.39. The number of phenolic OH excluding ortho intramolecular Hbond substituents is 2. The number of fused-ring (bicyclic) bond motifs is 3. The normalized spacial score (nSPS) is 12.9. The second-order valence-corrected chi connectivity index (χ2v) is 30.9. The average molecular weight is 1530 g/mol. The Hall–Kier alpha value is -9.35. The van der Waals surface area contributed by atoms with Crippen LogP contribution in [0.25, 0.3) is 44.3 Å². The SMILES string of the molecule is C#CCNC(=O)CCCCCNC(=O)OC(CCCC(=O)CCCCC(=O)NCCOCCOc1nc(N(C)CC(N)=O)nc(N2CCN(C)CC2)n1)c1ccc2ccc(O)c(Br)c2n1.CC(=O)CCCCCCC(=O)CP(C)(=O)C(C)C.O=c1ccc2c(-c3ccccc3)c3ccc(O)cc3oc-2c1. The molecule has 26 nitrogen and oxygen atoms in total. The molecule has 2 aliphatic heterocycles. The molecular weight excluding hydrogens is 1430 g/mol. The highest BCUT2D eigenvalue weighted by Crippen LogP contribution is 2.46. The molecule has 4 amide bonds. The van der Waals surface area contributed by atoms with Crippen molar-refractivity contribution in [2.75, 3.05) is 109 Å². The minimum Gasteiger partial charge on any atom is -0.508 e. The molecule has 2 unspecified atom stereocenters. The van der Waals surface area contributed by atoms with Crippen molar-refractivity contribution in [3.63, 3.8) is 0 Å². The molecular formula is C77H101BrN11O15P. The van der Waals surface area contributed by atoms with Gasteiger partial charge in [-0.15, -0.1) is 6.42 Å². The van der Waals surface area contributed by atoms with Crippen molar-refractivity contribution in [3.8, 4) is 52.3 Å². The first-order valence-corrected chi connectivity index (χ1v) is 38.9. The summed E-state index contributed by atoms with van der Waals surface area (Å²) in [6.07, 6.45) is 14.1. The Morgan fingerprint density at radius 1 is 0.743 bits per heavy atom. The van der Waals surface area contributed by atoms with Gasteiger partial charge in [-0.25, -0.2) is 9.78 Å². The molecule has 3 aromatic carbocycles. The molecule has 3 aliphatic rings. The number of nitrogens with one attached hydrogen (secondary N) is 3. The van der Waals surface area contributed by atoms with Crippen LogP contribution in [0.15, 0.2) is 105 Å². The minimum absolute atomic E-state index is 0.0263. The van der Waals surface area contributed by atoms with Gasteiger partial charge in [0, 0.05) is 125 Å². The average Bonchev–Trinajstić information content (AvgIpc) is 0.758. The number of Topliss-reactive ketones (excluding diaryl/α,β-unsaturated/α-hetero) is 3. The van der Waals surface area contributed by atoms with Gasteiger partial charge < -0.3 is 74.6 Å². The van der Waals surface area contributed by atoms with E-state index in [1.807, 2.05) is 61.2 Å². The van der Waals surface area contributed by atoms with Crippen LogP contribution in [0.5, 0.6) is 17.5 Å². The van der Waals surface area contributed by atoms with Crippen molar-refractivity contribution < 1.29 is 67.0 Å². The van der Waals surface area contributed by atoms with Crippen LogP contribution in [0, 0.1) is 12.3 Å². The number of ether oxygens (including phenoxy) is 3. The quantitative estimate of drug-likeness (QED) is 0.00899. The molecule has 5 aromatic rings. The summed E-state index contributed by atoms with van der Waals surface area (Å²) in [4.78, 5) is 119. The summed E-state index contributed by atoms with van der Waals surface area (Å²) in [5.41, 5.74) is 9.82. The third-order valence-corrected chi connectivity index (χ3v) is 21.3. The van der Waals surface area contributed by atoms with Gasteiger partial charge in [-0.3, -0.25) is 28.8 Å². The van der Waals surface area contributed by atoms with Crippen LogP contribution in [0.3, 0.4) is 0 Å². The highest BCUT2D eigenvalue weighted by molar-refractivity contribution is 9.10. The number of amides is 4. The van der Waals surface area contributed by atoms with E-state index in [2.05, 4.69) is 69.7 Å². The van der Waals surface area contributed by atoms with Crippen molar-refractivity contribution in [2.45, 2.75) is 142 Å². The van der Waals surface area contributed by atoms with E-state index in [9.17, 15) is 53.1 Å². The second kappa shape index (κ2) is 44.5. The Bertz CT molecular complexity index is 4130. The minimum atomic E-state index is -2.29. The predicted octanol–water partition coefficient (Wildman–Crippen LogP) is 11.3. The third kappa shape index (κ3) is 30.0. The number of phenols is 2. The summed E-state index contributed by atoms with van der Waals surface area (Å²) in [7, 11) is 1.43. The molecule has 2 aromatic heterocycles. The smallest absolute Gasteiger partial charge is 0.407 e. The van der Waals surface area contributed by atoms with E-state index in [1.165, 1.54) is 17.0 Å². The summed E-state index contributed by atoms with van der Waals surface area (Å²) in [5.74, 6) is 3.38. The number of unbranched alkanes of at least 4 members (excludes halogenated alkanes) is 6. The van der Waals surface area contributed by atoms with Crippen LogP contribution in [0.4, 0.5) is 16.7 Å². The van der Waals surface area contributed by atoms with Crippen molar-refractivity contribution in [1.29, 1.82) is 0 Å². The Labute approximate surface area is 622 Å². The second-order valence-electron chi connectivity index (χ2n) is 26.4. The van der Waals surface area contributed by atoms with E-state index in [-0.39, 0.29) is 116 Å². The molecule has 1 aliphatic carbocycles. The van der Waals surface area contributed by atoms with E-state index in [0.29, 0.717) is 110 Å². The topological polar surface area (TPSA) is 358 Å². The number of hydrogen-bond donors (Lipinski definition) is 6. The number of halogens is 1. The molecule has 0 radical (unpaired) electrons. The van der Waals surface area contributed by atoms with Gasteiger partial charge in [0.2, 0.25) is 29.6 Å². The molecule has 105 heavy (non-hydrogen) atoms. The molecule has 1 fully saturated rings. The maximum atomic E-state index is 12.9. The number of likely N-dealkylation sites (N-methyl/N-ethyl adjacent to an activating group) is 2. The number of alkyl carbamates (subject to hydrolysis) is 1. The molecule has 2 atom stereocenters. The van der Waals surface area contributed by atoms with Crippen LogP contribution < -0.4 is 41.6 Å². The van der Waals surface area contributed by atoms with Crippen LogP contribution in [0.2, 0.25) is 0 Å². The number of piperazine rings is 1. The van der Waals surface area contributed by atoms with Gasteiger partial charge in [-0.05, 0) is 136 Å². The molecule has 8 rings (SSSR count). The van der Waals surface area contributed by atoms with E-state index >= 15 is 0 Å². The standard InChI is InChI=1S/C44H62BrN11O9.C19H12O3.C14H27O3P/c1-4-20-47-37(60)14-6-5-9-21-49-44(62)65-35(33-18-16-31-17-19-34(58)39(45)40(31)50-33)13-10-12-32(57)11-7-8-15-38(61)48-22-27-63-28-29-64-43-52-41(55(3)30-36(46)59)51-42(53-43)56-25-23-54(2)24-26-56;20-13-6-8-15-17(10-13)22-18-11-14(21)7-9-16(18)19(15)12-4-2-1-3-5-12;1-12(2)18(4,17)11-14(16)10-8-6-5-7-9-13(3)15/h1,16-19,35,58H,5-15,20-30H2,2-3H3,(H2,46,59)(H,47,60)(H,48,61)(H,49,62);1-11,20H;12H,5-11H2,1-4H3. The number of primary amides is 1. The van der Waals surface area contributed by atoms with E-state index in [4.69, 9.17) is 30.8 Å². The van der Waals surface area contributed by atoms with Gasteiger partial charge in [0.1, 0.15) is 52.9 Å². The highest BCUT2D eigenvalue weighted by Gasteiger charge is 2.26. The van der Waals surface area contributed by atoms with Gasteiger partial charge in [0.15, 0.2) is 5.43 Å². The number of anilines is 2. The zero-order valence-corrected chi connectivity index (χ0v) is 63.6. The van der Waals surface area contributed by atoms with Crippen LogP contribution in [-0.4, -0.2) is 181 Å². The fourth-order valence-electron chi connectivity index (χ4n) is 11.1. The number of terminal acetylenes is 1. The summed E-state index contributed by atoms with van der Waals surface area (Å²) in [6, 6.07) is 26.8. The van der Waals surface area contributed by atoms with Crippen molar-refractivity contribution >= 4 is 98.0 Å². The molecule has 566 valence electrons. The molecule has 7 N–H and O–H groups in total. The van der Waals surface area contributed by atoms with Gasteiger partial charge >= 0.3 is 12.1 Å². The lowest BCUT2D eigenvalue weighted by atomic mass is 9.94. The number of hydrogen-bond acceptors (Lipinski definition) is 22. The molecule has 0 saturated carbocycles. The zero-order chi connectivity index (χ0) is 76.3. The Kier molecular flexibility index (Phi) is 35.8. The maximum absolute atomic E-state index is 12.9. The predicted molar refractivity (Wildman–Crippen MR) is 410 cm³/mol. The van der Waals surface area contributed by atoms with Crippen LogP contribution in [-0.2, 0) is 42.8 Å². The zero-order valence-electron chi connectivity index (χ0n) is 61.1. The summed E-state index contributed by atoms with van der Waals surface area (Å²) in [5, 5.41) is 29.8. The number of carbonyl (C=O) groups is 7. The first-order chi connectivity index (χ1) is 50.3. The third-order valence-electron chi connectivity index (χ3n) is 17.3. The molecule has 1 saturated heterocycles. The lowest BCUT2D eigenvalue weighted by molar-refractivity contribution is -0.122. The number of pyridine rings is 1. The number of benzene rings is 4. The number of nitrogens with two attached hydrogens (primary N) is 1. The van der Waals surface area contributed by atoms with Crippen molar-refractivity contribution in [2.24, 2.45) is 5.73 Å². The number of aromatic nitrogens is 4. The van der Waals surface area contributed by atoms with Crippen LogP contribution in [0.1, 0.15) is 142 Å². The first-order valence-electron chi connectivity index (χ1n) is 35.7. The Morgan fingerprint density at radius 3 is 2.12 bits per heavy atom. The Morgan fingerprint density at radius 2 is 1.41 bits per heavy atom. The summed E-state index contributed by atoms with van der Waals surface area (Å²) in [6.45, 7) is 11.7. The number of ketones is 3. The monoisotopic (exact) mass is 1530 g/mol. The lowest BCUT2D eigenvalue weighted by Gasteiger charge is -2.32. The van der Waals surface area contributed by atoms with Gasteiger partial charge in [0.05, 0.1) is 55.3 Å². The highest BCUT2D eigenvalue weighted by atomic mass is 79.9. The van der Waals surface area contributed by atoms with Gasteiger partial charge in [-0.1, -0.05) is 75.4 Å². The Balaban J connectivity index is 0.000000345. The number of rotatable bonds is 40.